The van der Waals surface area contributed by atoms with Crippen molar-refractivity contribution < 1.29 is 14.9 Å². The van der Waals surface area contributed by atoms with Crippen LogP contribution in [-0.2, 0) is 4.74 Å². The van der Waals surface area contributed by atoms with Crippen LogP contribution in [0, 0.1) is 5.92 Å². The summed E-state index contributed by atoms with van der Waals surface area (Å²) in [7, 11) is 0. The van der Waals surface area contributed by atoms with Crippen LogP contribution >= 0.6 is 0 Å². The Morgan fingerprint density at radius 2 is 1.83 bits per heavy atom. The Kier molecular flexibility index (Phi) is 11.8. The summed E-state index contributed by atoms with van der Waals surface area (Å²) in [5, 5.41) is 21.6. The quantitative estimate of drug-likeness (QED) is 0.467. The molecule has 0 saturated heterocycles. The van der Waals surface area contributed by atoms with E-state index in [1.807, 2.05) is 0 Å². The molecule has 110 valence electrons. The van der Waals surface area contributed by atoms with Crippen molar-refractivity contribution in [3.05, 3.63) is 0 Å². The second-order valence-corrected chi connectivity index (χ2v) is 5.44. The first-order valence-corrected chi connectivity index (χ1v) is 7.16. The molecule has 0 bridgehead atoms. The van der Waals surface area contributed by atoms with Gasteiger partial charge in [0.05, 0.1) is 12.7 Å². The van der Waals surface area contributed by atoms with Gasteiger partial charge in [-0.15, -0.1) is 0 Å². The predicted octanol–water partition coefficient (Wildman–Crippen LogP) is 1.55. The molecule has 0 spiro atoms. The molecule has 0 aromatic rings. The Labute approximate surface area is 112 Å². The van der Waals surface area contributed by atoms with Gasteiger partial charge in [-0.05, 0) is 38.5 Å². The highest BCUT2D eigenvalue weighted by Crippen LogP contribution is 2.03. The van der Waals surface area contributed by atoms with Crippen LogP contribution in [0.1, 0.15) is 46.5 Å². The standard InChI is InChI=1S/C14H31NO3/c1-12(2)6-5-9-18-11-14(17)10-15-13(3)7-4-8-16/h12-17H,4-11H2,1-3H3. The Balaban J connectivity index is 3.34. The molecule has 0 aromatic heterocycles. The van der Waals surface area contributed by atoms with Gasteiger partial charge in [0, 0.05) is 25.8 Å². The van der Waals surface area contributed by atoms with Gasteiger partial charge in [0.15, 0.2) is 0 Å². The summed E-state index contributed by atoms with van der Waals surface area (Å²) in [6.07, 6.45) is 3.52. The summed E-state index contributed by atoms with van der Waals surface area (Å²) in [6, 6.07) is 0.327. The molecular weight excluding hydrogens is 230 g/mol. The van der Waals surface area contributed by atoms with Crippen LogP contribution in [0.3, 0.4) is 0 Å². The maximum atomic E-state index is 9.70. The van der Waals surface area contributed by atoms with Crippen molar-refractivity contribution in [3.8, 4) is 0 Å². The first-order valence-electron chi connectivity index (χ1n) is 7.16. The molecule has 4 nitrogen and oxygen atoms in total. The third-order valence-electron chi connectivity index (χ3n) is 2.88. The molecule has 18 heavy (non-hydrogen) atoms. The first kappa shape index (κ1) is 17.8. The second-order valence-electron chi connectivity index (χ2n) is 5.44. The molecule has 0 aromatic carbocycles. The lowest BCUT2D eigenvalue weighted by Crippen LogP contribution is -2.36. The third-order valence-corrected chi connectivity index (χ3v) is 2.88. The van der Waals surface area contributed by atoms with Crippen molar-refractivity contribution in [1.82, 2.24) is 5.32 Å². The van der Waals surface area contributed by atoms with Crippen LogP contribution in [0.2, 0.25) is 0 Å². The number of aliphatic hydroxyl groups excluding tert-OH is 2. The van der Waals surface area contributed by atoms with E-state index in [2.05, 4.69) is 26.1 Å². The fourth-order valence-electron chi connectivity index (χ4n) is 1.71. The first-order chi connectivity index (χ1) is 8.56. The van der Waals surface area contributed by atoms with Crippen molar-refractivity contribution in [2.45, 2.75) is 58.6 Å². The third kappa shape index (κ3) is 12.3. The van der Waals surface area contributed by atoms with Gasteiger partial charge in [0.2, 0.25) is 0 Å². The fraction of sp³-hybridized carbons (Fsp3) is 1.00. The van der Waals surface area contributed by atoms with Gasteiger partial charge in [-0.3, -0.25) is 0 Å². The number of hydrogen-bond donors (Lipinski definition) is 3. The van der Waals surface area contributed by atoms with Crippen LogP contribution < -0.4 is 5.32 Å². The molecular formula is C14H31NO3. The monoisotopic (exact) mass is 261 g/mol. The van der Waals surface area contributed by atoms with E-state index in [-0.39, 0.29) is 6.61 Å². The molecule has 0 aliphatic carbocycles. The normalized spacial score (nSPS) is 15.0. The van der Waals surface area contributed by atoms with Crippen LogP contribution in [0.25, 0.3) is 0 Å². The van der Waals surface area contributed by atoms with Crippen molar-refractivity contribution in [1.29, 1.82) is 0 Å². The summed E-state index contributed by atoms with van der Waals surface area (Å²) in [5.74, 6) is 0.715. The molecule has 0 rings (SSSR count). The lowest BCUT2D eigenvalue weighted by Gasteiger charge is -2.17. The van der Waals surface area contributed by atoms with Crippen LogP contribution in [0.4, 0.5) is 0 Å². The highest BCUT2D eigenvalue weighted by Gasteiger charge is 2.07. The van der Waals surface area contributed by atoms with E-state index in [1.54, 1.807) is 0 Å². The van der Waals surface area contributed by atoms with Gasteiger partial charge in [-0.2, -0.15) is 0 Å². The Morgan fingerprint density at radius 1 is 1.11 bits per heavy atom. The molecule has 0 amide bonds. The molecule has 0 aliphatic rings. The molecule has 2 unspecified atom stereocenters. The van der Waals surface area contributed by atoms with Crippen molar-refractivity contribution in [3.63, 3.8) is 0 Å². The number of hydrogen-bond acceptors (Lipinski definition) is 4. The molecule has 0 radical (unpaired) electrons. The smallest absolute Gasteiger partial charge is 0.0897 e. The number of ether oxygens (including phenoxy) is 1. The lowest BCUT2D eigenvalue weighted by atomic mass is 10.1. The summed E-state index contributed by atoms with van der Waals surface area (Å²) < 4.78 is 5.43. The average Bonchev–Trinajstić information content (AvgIpc) is 2.33. The predicted molar refractivity (Wildman–Crippen MR) is 74.7 cm³/mol. The number of rotatable bonds is 12. The van der Waals surface area contributed by atoms with E-state index in [0.29, 0.717) is 25.1 Å². The molecule has 0 fully saturated rings. The van der Waals surface area contributed by atoms with E-state index < -0.39 is 6.10 Å². The topological polar surface area (TPSA) is 61.7 Å². The van der Waals surface area contributed by atoms with Gasteiger partial charge in [0.1, 0.15) is 0 Å². The van der Waals surface area contributed by atoms with E-state index >= 15 is 0 Å². The van der Waals surface area contributed by atoms with E-state index in [0.717, 1.165) is 25.9 Å². The maximum absolute atomic E-state index is 9.70. The molecule has 2 atom stereocenters. The van der Waals surface area contributed by atoms with Gasteiger partial charge < -0.3 is 20.3 Å². The minimum absolute atomic E-state index is 0.230. The van der Waals surface area contributed by atoms with Gasteiger partial charge in [-0.1, -0.05) is 13.8 Å². The number of nitrogens with one attached hydrogen (secondary N) is 1. The highest BCUT2D eigenvalue weighted by molar-refractivity contribution is 4.65. The zero-order valence-corrected chi connectivity index (χ0v) is 12.2. The van der Waals surface area contributed by atoms with Crippen LogP contribution in [-0.4, -0.2) is 48.7 Å². The van der Waals surface area contributed by atoms with Gasteiger partial charge in [-0.25, -0.2) is 0 Å². The van der Waals surface area contributed by atoms with Gasteiger partial charge in [0.25, 0.3) is 0 Å². The summed E-state index contributed by atoms with van der Waals surface area (Å²) in [6.45, 7) is 8.38. The summed E-state index contributed by atoms with van der Waals surface area (Å²) in [4.78, 5) is 0. The van der Waals surface area contributed by atoms with E-state index in [4.69, 9.17) is 9.84 Å². The van der Waals surface area contributed by atoms with Crippen molar-refractivity contribution in [2.75, 3.05) is 26.4 Å². The summed E-state index contributed by atoms with van der Waals surface area (Å²) >= 11 is 0. The van der Waals surface area contributed by atoms with Gasteiger partial charge >= 0.3 is 0 Å². The molecule has 3 N–H and O–H groups in total. The second kappa shape index (κ2) is 11.9. The van der Waals surface area contributed by atoms with Crippen LogP contribution in [0.15, 0.2) is 0 Å². The highest BCUT2D eigenvalue weighted by atomic mass is 16.5. The fourth-order valence-corrected chi connectivity index (χ4v) is 1.71. The Hall–Kier alpha value is -0.160. The largest absolute Gasteiger partial charge is 0.396 e. The number of aliphatic hydroxyl groups is 2. The molecule has 0 heterocycles. The zero-order valence-electron chi connectivity index (χ0n) is 12.2. The lowest BCUT2D eigenvalue weighted by molar-refractivity contribution is 0.0335. The van der Waals surface area contributed by atoms with Crippen LogP contribution in [0.5, 0.6) is 0 Å². The van der Waals surface area contributed by atoms with Crippen molar-refractivity contribution in [2.24, 2.45) is 5.92 Å². The SMILES string of the molecule is CC(C)CCCOCC(O)CNC(C)CCCO. The maximum Gasteiger partial charge on any atom is 0.0897 e. The molecule has 0 aliphatic heterocycles. The van der Waals surface area contributed by atoms with E-state index in [1.165, 1.54) is 6.42 Å². The zero-order chi connectivity index (χ0) is 13.8. The molecule has 0 saturated carbocycles. The van der Waals surface area contributed by atoms with Crippen molar-refractivity contribution >= 4 is 0 Å². The Bertz CT molecular complexity index is 176. The summed E-state index contributed by atoms with van der Waals surface area (Å²) in [5.41, 5.74) is 0. The minimum Gasteiger partial charge on any atom is -0.396 e. The Morgan fingerprint density at radius 3 is 2.44 bits per heavy atom. The molecule has 4 heteroatoms. The van der Waals surface area contributed by atoms with E-state index in [9.17, 15) is 5.11 Å². The average molecular weight is 261 g/mol. The minimum atomic E-state index is -0.444.